The number of benzene rings is 2. The van der Waals surface area contributed by atoms with Crippen molar-refractivity contribution in [3.05, 3.63) is 54.6 Å². The molecule has 4 bridgehead atoms. The van der Waals surface area contributed by atoms with Crippen molar-refractivity contribution in [3.63, 3.8) is 0 Å². The molecule has 30 heavy (non-hydrogen) atoms. The number of anilines is 2. The van der Waals surface area contributed by atoms with Gasteiger partial charge in [0.05, 0.1) is 16.0 Å². The maximum Gasteiger partial charge on any atom is 0.264 e. The Labute approximate surface area is 178 Å². The van der Waals surface area contributed by atoms with E-state index in [0.717, 1.165) is 19.3 Å². The molecule has 0 saturated heterocycles. The van der Waals surface area contributed by atoms with E-state index in [1.807, 2.05) is 18.2 Å². The largest absolute Gasteiger partial charge is 0.326 e. The van der Waals surface area contributed by atoms with Crippen LogP contribution < -0.4 is 9.62 Å². The highest BCUT2D eigenvalue weighted by molar-refractivity contribution is 7.92. The molecule has 0 unspecified atom stereocenters. The van der Waals surface area contributed by atoms with Crippen LogP contribution in [0.4, 0.5) is 11.4 Å². The molecule has 4 fully saturated rings. The normalized spacial score (nSPS) is 29.6. The second-order valence-electron chi connectivity index (χ2n) is 9.48. The van der Waals surface area contributed by atoms with Crippen LogP contribution in [-0.4, -0.2) is 21.4 Å². The zero-order chi connectivity index (χ0) is 20.9. The van der Waals surface area contributed by atoms with E-state index in [1.54, 1.807) is 43.4 Å². The fourth-order valence-corrected chi connectivity index (χ4v) is 7.49. The van der Waals surface area contributed by atoms with Crippen molar-refractivity contribution in [1.82, 2.24) is 0 Å². The standard InChI is InChI=1S/C24H28N2O3S/c1-26(21-5-3-2-4-6-21)30(28,29)22-9-7-20(8-10-22)25-23(27)24-14-17-11-18(15-24)13-19(12-17)16-24/h2-10,17-19H,11-16H2,1H3,(H,25,27). The summed E-state index contributed by atoms with van der Waals surface area (Å²) >= 11 is 0. The molecule has 1 amide bonds. The van der Waals surface area contributed by atoms with Crippen LogP contribution in [0.25, 0.3) is 0 Å². The summed E-state index contributed by atoms with van der Waals surface area (Å²) in [6, 6.07) is 15.5. The Morgan fingerprint density at radius 2 is 1.43 bits per heavy atom. The molecule has 4 saturated carbocycles. The third kappa shape index (κ3) is 3.31. The number of para-hydroxylation sites is 1. The maximum atomic E-state index is 13.2. The number of sulfonamides is 1. The van der Waals surface area contributed by atoms with Crippen molar-refractivity contribution in [2.45, 2.75) is 43.4 Å². The Kier molecular flexibility index (Phi) is 4.65. The molecule has 2 aromatic carbocycles. The smallest absolute Gasteiger partial charge is 0.264 e. The lowest BCUT2D eigenvalue weighted by Gasteiger charge is -2.55. The molecule has 2 aromatic rings. The molecule has 0 heterocycles. The molecule has 0 atom stereocenters. The number of hydrogen-bond donors (Lipinski definition) is 1. The number of carbonyl (C=O) groups is 1. The minimum absolute atomic E-state index is 0.124. The minimum atomic E-state index is -3.65. The zero-order valence-corrected chi connectivity index (χ0v) is 18.1. The lowest BCUT2D eigenvalue weighted by Crippen LogP contribution is -2.51. The van der Waals surface area contributed by atoms with Crippen LogP contribution in [0.2, 0.25) is 0 Å². The Morgan fingerprint density at radius 3 is 1.97 bits per heavy atom. The van der Waals surface area contributed by atoms with Gasteiger partial charge in [0, 0.05) is 12.7 Å². The molecule has 0 aliphatic heterocycles. The maximum absolute atomic E-state index is 13.2. The average Bonchev–Trinajstić information content (AvgIpc) is 2.73. The Morgan fingerprint density at radius 1 is 0.900 bits per heavy atom. The molecule has 6 heteroatoms. The number of rotatable bonds is 5. The van der Waals surface area contributed by atoms with E-state index in [0.29, 0.717) is 29.1 Å². The van der Waals surface area contributed by atoms with Gasteiger partial charge in [-0.25, -0.2) is 8.42 Å². The summed E-state index contributed by atoms with van der Waals surface area (Å²) in [5.41, 5.74) is 1.06. The summed E-state index contributed by atoms with van der Waals surface area (Å²) in [4.78, 5) is 13.4. The Bertz CT molecular complexity index is 1010. The lowest BCUT2D eigenvalue weighted by molar-refractivity contribution is -0.140. The predicted octanol–water partition coefficient (Wildman–Crippen LogP) is 4.67. The monoisotopic (exact) mass is 424 g/mol. The average molecular weight is 425 g/mol. The van der Waals surface area contributed by atoms with E-state index >= 15 is 0 Å². The van der Waals surface area contributed by atoms with Crippen molar-refractivity contribution >= 4 is 27.3 Å². The van der Waals surface area contributed by atoms with Gasteiger partial charge in [-0.1, -0.05) is 18.2 Å². The van der Waals surface area contributed by atoms with E-state index in [4.69, 9.17) is 0 Å². The molecule has 158 valence electrons. The molecule has 0 radical (unpaired) electrons. The van der Waals surface area contributed by atoms with Crippen molar-refractivity contribution in [3.8, 4) is 0 Å². The molecule has 4 aliphatic carbocycles. The first-order valence-corrected chi connectivity index (χ1v) is 12.3. The minimum Gasteiger partial charge on any atom is -0.326 e. The van der Waals surface area contributed by atoms with Gasteiger partial charge in [-0.3, -0.25) is 9.10 Å². The quantitative estimate of drug-likeness (QED) is 0.759. The second-order valence-corrected chi connectivity index (χ2v) is 11.5. The van der Waals surface area contributed by atoms with Crippen LogP contribution in [0.3, 0.4) is 0 Å². The van der Waals surface area contributed by atoms with Crippen molar-refractivity contribution in [1.29, 1.82) is 0 Å². The van der Waals surface area contributed by atoms with E-state index in [9.17, 15) is 13.2 Å². The fourth-order valence-electron chi connectivity index (χ4n) is 6.30. The van der Waals surface area contributed by atoms with E-state index in [2.05, 4.69) is 5.32 Å². The number of nitrogens with one attached hydrogen (secondary N) is 1. The SMILES string of the molecule is CN(c1ccccc1)S(=O)(=O)c1ccc(NC(=O)C23CC4CC(CC(C4)C2)C3)cc1. The van der Waals surface area contributed by atoms with Crippen LogP contribution in [0.1, 0.15) is 38.5 Å². The Balaban J connectivity index is 1.31. The van der Waals surface area contributed by atoms with Gasteiger partial charge < -0.3 is 5.32 Å². The molecule has 4 aliphatic rings. The fraction of sp³-hybridized carbons (Fsp3) is 0.458. The molecule has 0 aromatic heterocycles. The molecule has 0 spiro atoms. The summed E-state index contributed by atoms with van der Waals surface area (Å²) < 4.78 is 27.1. The van der Waals surface area contributed by atoms with Gasteiger partial charge in [0.1, 0.15) is 0 Å². The van der Waals surface area contributed by atoms with Crippen LogP contribution in [0.5, 0.6) is 0 Å². The van der Waals surface area contributed by atoms with Crippen LogP contribution in [0.15, 0.2) is 59.5 Å². The van der Waals surface area contributed by atoms with Crippen molar-refractivity contribution < 1.29 is 13.2 Å². The first-order chi connectivity index (χ1) is 14.4. The van der Waals surface area contributed by atoms with Gasteiger partial charge in [0.25, 0.3) is 10.0 Å². The van der Waals surface area contributed by atoms with Crippen LogP contribution in [0, 0.1) is 23.2 Å². The number of hydrogen-bond acceptors (Lipinski definition) is 3. The highest BCUT2D eigenvalue weighted by atomic mass is 32.2. The zero-order valence-electron chi connectivity index (χ0n) is 17.3. The van der Waals surface area contributed by atoms with Crippen molar-refractivity contribution in [2.24, 2.45) is 23.2 Å². The number of carbonyl (C=O) groups excluding carboxylic acids is 1. The molecule has 6 rings (SSSR count). The summed E-state index contributed by atoms with van der Waals surface area (Å²) in [6.45, 7) is 0. The third-order valence-corrected chi connectivity index (χ3v) is 9.21. The summed E-state index contributed by atoms with van der Waals surface area (Å²) in [5, 5.41) is 3.09. The van der Waals surface area contributed by atoms with Crippen LogP contribution >= 0.6 is 0 Å². The highest BCUT2D eigenvalue weighted by Crippen LogP contribution is 2.60. The molecule has 1 N–H and O–H groups in total. The van der Waals surface area contributed by atoms with Crippen molar-refractivity contribution in [2.75, 3.05) is 16.7 Å². The predicted molar refractivity (Wildman–Crippen MR) is 118 cm³/mol. The van der Waals surface area contributed by atoms with E-state index < -0.39 is 10.0 Å². The Hall–Kier alpha value is -2.34. The summed E-state index contributed by atoms with van der Waals surface area (Å²) in [7, 11) is -2.10. The van der Waals surface area contributed by atoms with Gasteiger partial charge in [0.2, 0.25) is 5.91 Å². The highest BCUT2D eigenvalue weighted by Gasteiger charge is 2.54. The number of nitrogens with zero attached hydrogens (tertiary/aromatic N) is 1. The van der Waals surface area contributed by atoms with Gasteiger partial charge in [0.15, 0.2) is 0 Å². The third-order valence-electron chi connectivity index (χ3n) is 7.41. The summed E-state index contributed by atoms with van der Waals surface area (Å²) in [5.74, 6) is 2.26. The summed E-state index contributed by atoms with van der Waals surface area (Å²) in [6.07, 6.45) is 6.94. The lowest BCUT2D eigenvalue weighted by atomic mass is 9.49. The van der Waals surface area contributed by atoms with Gasteiger partial charge in [-0.15, -0.1) is 0 Å². The first-order valence-electron chi connectivity index (χ1n) is 10.8. The van der Waals surface area contributed by atoms with Gasteiger partial charge in [-0.05, 0) is 92.7 Å². The number of amides is 1. The van der Waals surface area contributed by atoms with Gasteiger partial charge in [-0.2, -0.15) is 0 Å². The second kappa shape index (κ2) is 7.12. The molecule has 5 nitrogen and oxygen atoms in total. The molecular formula is C24H28N2O3S. The van der Waals surface area contributed by atoms with E-state index in [-0.39, 0.29) is 16.2 Å². The topological polar surface area (TPSA) is 66.5 Å². The van der Waals surface area contributed by atoms with Crippen LogP contribution in [-0.2, 0) is 14.8 Å². The van der Waals surface area contributed by atoms with E-state index in [1.165, 1.54) is 23.6 Å². The molecular weight excluding hydrogens is 396 g/mol. The van der Waals surface area contributed by atoms with Gasteiger partial charge >= 0.3 is 0 Å². The first kappa shape index (κ1) is 19.6.